The van der Waals surface area contributed by atoms with Crippen molar-refractivity contribution in [1.82, 2.24) is 9.88 Å². The van der Waals surface area contributed by atoms with Gasteiger partial charge in [0.1, 0.15) is 11.8 Å². The molecule has 0 saturated heterocycles. The first-order valence-electron chi connectivity index (χ1n) is 13.6. The minimum atomic E-state index is -0.893. The second-order valence-corrected chi connectivity index (χ2v) is 10.1. The second-order valence-electron chi connectivity index (χ2n) is 9.71. The summed E-state index contributed by atoms with van der Waals surface area (Å²) < 4.78 is 7.00. The highest BCUT2D eigenvalue weighted by atomic mass is 35.5. The summed E-state index contributed by atoms with van der Waals surface area (Å²) in [5.41, 5.74) is 2.79. The Morgan fingerprint density at radius 1 is 0.952 bits per heavy atom. The number of rotatable bonds is 11. The predicted molar refractivity (Wildman–Crippen MR) is 165 cm³/mol. The molecule has 0 unspecified atom stereocenters. The fourth-order valence-corrected chi connectivity index (χ4v) is 4.90. The van der Waals surface area contributed by atoms with Gasteiger partial charge in [-0.2, -0.15) is 0 Å². The van der Waals surface area contributed by atoms with Crippen LogP contribution in [-0.4, -0.2) is 35.8 Å². The third-order valence-electron chi connectivity index (χ3n) is 6.85. The van der Waals surface area contributed by atoms with Gasteiger partial charge in [0.2, 0.25) is 5.91 Å². The highest BCUT2D eigenvalue weighted by Gasteiger charge is 2.25. The molecule has 0 aliphatic heterocycles. The molecule has 9 heteroatoms. The number of methoxy groups -OCH3 is 1. The van der Waals surface area contributed by atoms with Gasteiger partial charge in [-0.05, 0) is 80.3 Å². The summed E-state index contributed by atoms with van der Waals surface area (Å²) in [6, 6.07) is 21.5. The minimum Gasteiger partial charge on any atom is -0.495 e. The van der Waals surface area contributed by atoms with Crippen LogP contribution in [0.1, 0.15) is 52.6 Å². The molecule has 0 saturated carbocycles. The van der Waals surface area contributed by atoms with E-state index in [1.807, 2.05) is 37.3 Å². The molecule has 2 amide bonds. The van der Waals surface area contributed by atoms with Crippen LogP contribution in [-0.2, 0) is 11.2 Å². The molecule has 4 aromatic rings. The van der Waals surface area contributed by atoms with Crippen LogP contribution in [0.15, 0.2) is 89.9 Å². The van der Waals surface area contributed by atoms with E-state index in [1.165, 1.54) is 30.9 Å². The molecule has 42 heavy (non-hydrogen) atoms. The van der Waals surface area contributed by atoms with E-state index in [9.17, 15) is 19.2 Å². The second kappa shape index (κ2) is 13.8. The van der Waals surface area contributed by atoms with Crippen molar-refractivity contribution in [3.63, 3.8) is 0 Å². The van der Waals surface area contributed by atoms with Gasteiger partial charge in [0, 0.05) is 40.0 Å². The van der Waals surface area contributed by atoms with E-state index >= 15 is 0 Å². The van der Waals surface area contributed by atoms with E-state index in [1.54, 1.807) is 42.5 Å². The summed E-state index contributed by atoms with van der Waals surface area (Å²) in [7, 11) is 1.46. The van der Waals surface area contributed by atoms with Crippen LogP contribution in [0.4, 0.5) is 5.69 Å². The van der Waals surface area contributed by atoms with Gasteiger partial charge in [-0.3, -0.25) is 23.7 Å². The van der Waals surface area contributed by atoms with E-state index in [0.29, 0.717) is 58.1 Å². The summed E-state index contributed by atoms with van der Waals surface area (Å²) in [5.74, 6) is -0.488. The van der Waals surface area contributed by atoms with E-state index in [0.717, 1.165) is 5.56 Å². The number of ketones is 1. The highest BCUT2D eigenvalue weighted by molar-refractivity contribution is 6.31. The van der Waals surface area contributed by atoms with Crippen molar-refractivity contribution in [2.24, 2.45) is 0 Å². The van der Waals surface area contributed by atoms with Crippen molar-refractivity contribution in [3.8, 4) is 16.9 Å². The van der Waals surface area contributed by atoms with Crippen molar-refractivity contribution < 1.29 is 19.1 Å². The monoisotopic (exact) mass is 585 g/mol. The molecule has 1 atom stereocenters. The van der Waals surface area contributed by atoms with E-state index in [4.69, 9.17) is 16.3 Å². The van der Waals surface area contributed by atoms with Crippen LogP contribution in [0, 0.1) is 0 Å². The van der Waals surface area contributed by atoms with Gasteiger partial charge < -0.3 is 15.4 Å². The molecule has 2 N–H and O–H groups in total. The lowest BCUT2D eigenvalue weighted by atomic mass is 9.97. The first-order chi connectivity index (χ1) is 20.2. The molecule has 0 aliphatic carbocycles. The topological polar surface area (TPSA) is 106 Å². The lowest BCUT2D eigenvalue weighted by Gasteiger charge is -2.22. The summed E-state index contributed by atoms with van der Waals surface area (Å²) in [6.07, 6.45) is 2.36. The molecule has 8 nitrogen and oxygen atoms in total. The normalized spacial score (nSPS) is 11.4. The summed E-state index contributed by atoms with van der Waals surface area (Å²) in [5, 5.41) is 6.02. The SMILES string of the molecule is CCNC(=O)c1ccc(NC(=O)[C@H](CCc2ccccc2)n2cc(OC)c(-c3cc(Cl)ccc3C(C)=O)cc2=O)cc1. The average Bonchev–Trinajstić information content (AvgIpc) is 2.98. The maximum absolute atomic E-state index is 13.7. The first-order valence-corrected chi connectivity index (χ1v) is 13.9. The summed E-state index contributed by atoms with van der Waals surface area (Å²) in [4.78, 5) is 51.8. The average molecular weight is 586 g/mol. The summed E-state index contributed by atoms with van der Waals surface area (Å²) in [6.45, 7) is 3.78. The number of nitrogens with one attached hydrogen (secondary N) is 2. The van der Waals surface area contributed by atoms with Crippen LogP contribution in [0.3, 0.4) is 0 Å². The quantitative estimate of drug-likeness (QED) is 0.212. The Bertz CT molecular complexity index is 1650. The Balaban J connectivity index is 1.72. The molecular formula is C33H32ClN3O5. The number of hydrogen-bond acceptors (Lipinski definition) is 5. The lowest BCUT2D eigenvalue weighted by molar-refractivity contribution is -0.119. The van der Waals surface area contributed by atoms with Gasteiger partial charge in [0.25, 0.3) is 11.5 Å². The van der Waals surface area contributed by atoms with Crippen molar-refractivity contribution in [2.45, 2.75) is 32.7 Å². The number of anilines is 1. The van der Waals surface area contributed by atoms with Gasteiger partial charge in [0.05, 0.1) is 13.3 Å². The zero-order chi connectivity index (χ0) is 30.2. The standard InChI is InChI=1S/C33H32ClN3O5/c1-4-35-32(40)23-11-14-25(15-12-23)36-33(41)29(17-10-22-8-6-5-7-9-22)37-20-30(42-3)28(19-31(37)39)27-18-24(34)13-16-26(27)21(2)38/h5-9,11-16,18-20,29H,4,10,17H2,1-3H3,(H,35,40)(H,36,41)/t29-/m0/s1. The van der Waals surface area contributed by atoms with Crippen molar-refractivity contribution >= 4 is 34.9 Å². The largest absolute Gasteiger partial charge is 0.495 e. The van der Waals surface area contributed by atoms with E-state index in [2.05, 4.69) is 10.6 Å². The molecular weight excluding hydrogens is 554 g/mol. The number of carbonyl (C=O) groups is 3. The number of carbonyl (C=O) groups excluding carboxylic acids is 3. The third-order valence-corrected chi connectivity index (χ3v) is 7.09. The zero-order valence-electron chi connectivity index (χ0n) is 23.6. The number of pyridine rings is 1. The number of halogens is 1. The fraction of sp³-hybridized carbons (Fsp3) is 0.212. The van der Waals surface area contributed by atoms with Crippen LogP contribution < -0.4 is 20.9 Å². The molecule has 216 valence electrons. The van der Waals surface area contributed by atoms with E-state index < -0.39 is 17.5 Å². The Kier molecular flexibility index (Phi) is 9.93. The maximum Gasteiger partial charge on any atom is 0.252 e. The molecule has 1 aromatic heterocycles. The first kappa shape index (κ1) is 30.3. The lowest BCUT2D eigenvalue weighted by Crippen LogP contribution is -2.33. The van der Waals surface area contributed by atoms with Crippen LogP contribution >= 0.6 is 11.6 Å². The van der Waals surface area contributed by atoms with Gasteiger partial charge in [-0.1, -0.05) is 41.9 Å². The number of ether oxygens (including phenoxy) is 1. The Morgan fingerprint density at radius 2 is 1.67 bits per heavy atom. The molecule has 0 fully saturated rings. The van der Waals surface area contributed by atoms with Gasteiger partial charge >= 0.3 is 0 Å². The number of Topliss-reactive ketones (excluding diaryl/α,β-unsaturated/α-hetero) is 1. The Morgan fingerprint density at radius 3 is 2.31 bits per heavy atom. The number of amides is 2. The van der Waals surface area contributed by atoms with Crippen molar-refractivity contribution in [2.75, 3.05) is 19.0 Å². The number of benzene rings is 3. The minimum absolute atomic E-state index is 0.189. The molecule has 0 spiro atoms. The number of nitrogens with zero attached hydrogens (tertiary/aromatic N) is 1. The van der Waals surface area contributed by atoms with Crippen molar-refractivity contribution in [3.05, 3.63) is 117 Å². The zero-order valence-corrected chi connectivity index (χ0v) is 24.4. The molecule has 3 aromatic carbocycles. The van der Waals surface area contributed by atoms with Crippen LogP contribution in [0.2, 0.25) is 5.02 Å². The van der Waals surface area contributed by atoms with Crippen LogP contribution in [0.5, 0.6) is 5.75 Å². The molecule has 1 heterocycles. The highest BCUT2D eigenvalue weighted by Crippen LogP contribution is 2.34. The van der Waals surface area contributed by atoms with Crippen molar-refractivity contribution in [1.29, 1.82) is 0 Å². The third kappa shape index (κ3) is 7.14. The molecule has 4 rings (SSSR count). The molecule has 0 bridgehead atoms. The Labute approximate surface area is 249 Å². The van der Waals surface area contributed by atoms with E-state index in [-0.39, 0.29) is 11.7 Å². The van der Waals surface area contributed by atoms with Crippen LogP contribution in [0.25, 0.3) is 11.1 Å². The summed E-state index contributed by atoms with van der Waals surface area (Å²) >= 11 is 6.24. The smallest absolute Gasteiger partial charge is 0.252 e. The maximum atomic E-state index is 13.7. The fourth-order valence-electron chi connectivity index (χ4n) is 4.73. The molecule has 0 radical (unpaired) electrons. The number of hydrogen-bond donors (Lipinski definition) is 2. The van der Waals surface area contributed by atoms with Gasteiger partial charge in [0.15, 0.2) is 5.78 Å². The predicted octanol–water partition coefficient (Wildman–Crippen LogP) is 5.94. The number of aromatic nitrogens is 1. The van der Waals surface area contributed by atoms with Gasteiger partial charge in [-0.15, -0.1) is 0 Å². The number of aryl methyl sites for hydroxylation is 1. The molecule has 0 aliphatic rings. The van der Waals surface area contributed by atoms with Gasteiger partial charge in [-0.25, -0.2) is 0 Å². The Hall–Kier alpha value is -4.69.